The molecule has 0 aliphatic rings. The fourth-order valence-corrected chi connectivity index (χ4v) is 1.42. The maximum Gasteiger partial charge on any atom is 0.243 e. The Balaban J connectivity index is 1.95. The first-order valence-electron chi connectivity index (χ1n) is 4.75. The van der Waals surface area contributed by atoms with Gasteiger partial charge in [-0.15, -0.1) is 0 Å². The highest BCUT2D eigenvalue weighted by Crippen LogP contribution is 1.96. The van der Waals surface area contributed by atoms with Crippen LogP contribution in [0, 0.1) is 0 Å². The molecule has 0 unspecified atom stereocenters. The first-order chi connectivity index (χ1) is 6.84. The van der Waals surface area contributed by atoms with Crippen molar-refractivity contribution < 1.29 is 4.57 Å². The molecule has 0 N–H and O–H groups in total. The maximum absolute atomic E-state index is 4.28. The van der Waals surface area contributed by atoms with Crippen molar-refractivity contribution in [3.05, 3.63) is 48.8 Å². The molecule has 2 aromatic rings. The molecule has 3 heteroatoms. The summed E-state index contributed by atoms with van der Waals surface area (Å²) in [6.45, 7) is 0.984. The lowest BCUT2D eigenvalue weighted by Gasteiger charge is -1.96. The molecule has 0 aromatic carbocycles. The van der Waals surface area contributed by atoms with Gasteiger partial charge in [-0.1, -0.05) is 6.07 Å². The summed E-state index contributed by atoms with van der Waals surface area (Å²) in [6.07, 6.45) is 9.00. The fraction of sp³-hybridized carbons (Fsp3) is 0.273. The van der Waals surface area contributed by atoms with Crippen molar-refractivity contribution >= 4 is 0 Å². The zero-order valence-electron chi connectivity index (χ0n) is 8.30. The van der Waals surface area contributed by atoms with Gasteiger partial charge in [-0.25, -0.2) is 9.13 Å². The van der Waals surface area contributed by atoms with Crippen molar-refractivity contribution in [3.8, 4) is 0 Å². The third-order valence-corrected chi connectivity index (χ3v) is 2.18. The van der Waals surface area contributed by atoms with Crippen LogP contribution in [0.2, 0.25) is 0 Å². The number of hydrogen-bond donors (Lipinski definition) is 0. The summed E-state index contributed by atoms with van der Waals surface area (Å²) in [6, 6.07) is 6.03. The van der Waals surface area contributed by atoms with Gasteiger partial charge in [0.2, 0.25) is 6.33 Å². The number of hydrogen-bond acceptors (Lipinski definition) is 1. The van der Waals surface area contributed by atoms with E-state index in [-0.39, 0.29) is 0 Å². The molecule has 2 rings (SSSR count). The Bertz CT molecular complexity index is 392. The second-order valence-electron chi connectivity index (χ2n) is 3.39. The summed E-state index contributed by atoms with van der Waals surface area (Å²) in [5, 5.41) is 0. The number of pyridine rings is 1. The SMILES string of the molecule is C[n+]1ccn(CCc2ccccn2)c1. The highest BCUT2D eigenvalue weighted by atomic mass is 15.1. The lowest BCUT2D eigenvalue weighted by molar-refractivity contribution is -0.671. The number of nitrogens with zero attached hydrogens (tertiary/aromatic N) is 3. The predicted molar refractivity (Wildman–Crippen MR) is 53.5 cm³/mol. The number of rotatable bonds is 3. The fourth-order valence-electron chi connectivity index (χ4n) is 1.42. The summed E-state index contributed by atoms with van der Waals surface area (Å²) in [7, 11) is 2.03. The molecule has 0 fully saturated rings. The molecule has 14 heavy (non-hydrogen) atoms. The smallest absolute Gasteiger partial charge is 0.243 e. The van der Waals surface area contributed by atoms with Crippen molar-refractivity contribution in [2.45, 2.75) is 13.0 Å². The number of imidazole rings is 1. The van der Waals surface area contributed by atoms with Crippen LogP contribution in [0.25, 0.3) is 0 Å². The molecule has 0 atom stereocenters. The van der Waals surface area contributed by atoms with E-state index >= 15 is 0 Å². The summed E-state index contributed by atoms with van der Waals surface area (Å²) < 4.78 is 4.20. The molecule has 0 saturated heterocycles. The zero-order valence-corrected chi connectivity index (χ0v) is 8.30. The summed E-state index contributed by atoms with van der Waals surface area (Å²) in [5.74, 6) is 0. The molecule has 3 nitrogen and oxygen atoms in total. The zero-order chi connectivity index (χ0) is 9.80. The highest BCUT2D eigenvalue weighted by molar-refractivity contribution is 5.03. The molecular weight excluding hydrogens is 174 g/mol. The lowest BCUT2D eigenvalue weighted by atomic mass is 10.3. The molecule has 72 valence electrons. The molecule has 2 aromatic heterocycles. The van der Waals surface area contributed by atoms with Gasteiger partial charge in [0.25, 0.3) is 0 Å². The van der Waals surface area contributed by atoms with Gasteiger partial charge in [-0.3, -0.25) is 4.98 Å². The van der Waals surface area contributed by atoms with Crippen LogP contribution in [0.1, 0.15) is 5.69 Å². The number of aryl methyl sites for hydroxylation is 3. The van der Waals surface area contributed by atoms with Gasteiger partial charge in [-0.2, -0.15) is 0 Å². The minimum absolute atomic E-state index is 0.982. The van der Waals surface area contributed by atoms with Gasteiger partial charge in [0.05, 0.1) is 13.6 Å². The Kier molecular flexibility index (Phi) is 2.58. The van der Waals surface area contributed by atoms with E-state index in [0.29, 0.717) is 0 Å². The van der Waals surface area contributed by atoms with Crippen molar-refractivity contribution in [3.63, 3.8) is 0 Å². The van der Waals surface area contributed by atoms with Gasteiger partial charge in [0.1, 0.15) is 12.4 Å². The Hall–Kier alpha value is -1.64. The standard InChI is InChI=1S/C11H14N3/c1-13-8-9-14(10-13)7-5-11-4-2-3-6-12-11/h2-4,6,8-10H,5,7H2,1H3/q+1. The summed E-state index contributed by atoms with van der Waals surface area (Å²) in [5.41, 5.74) is 1.14. The molecule has 0 radical (unpaired) electrons. The lowest BCUT2D eigenvalue weighted by Crippen LogP contribution is -2.23. The Labute approximate surface area is 83.7 Å². The topological polar surface area (TPSA) is 21.7 Å². The average Bonchev–Trinajstić information content (AvgIpc) is 2.63. The monoisotopic (exact) mass is 188 g/mol. The number of aromatic nitrogens is 3. The minimum Gasteiger partial charge on any atom is -0.261 e. The average molecular weight is 188 g/mol. The molecule has 0 amide bonds. The van der Waals surface area contributed by atoms with Crippen LogP contribution in [-0.4, -0.2) is 9.55 Å². The van der Waals surface area contributed by atoms with Crippen LogP contribution >= 0.6 is 0 Å². The van der Waals surface area contributed by atoms with E-state index in [1.807, 2.05) is 36.1 Å². The van der Waals surface area contributed by atoms with E-state index < -0.39 is 0 Å². The molecule has 0 spiro atoms. The normalized spacial score (nSPS) is 10.4. The van der Waals surface area contributed by atoms with E-state index in [2.05, 4.69) is 28.1 Å². The van der Waals surface area contributed by atoms with Gasteiger partial charge >= 0.3 is 0 Å². The predicted octanol–water partition coefficient (Wildman–Crippen LogP) is 0.950. The summed E-state index contributed by atoms with van der Waals surface area (Å²) in [4.78, 5) is 4.28. The molecular formula is C11H14N3+. The maximum atomic E-state index is 4.28. The second kappa shape index (κ2) is 4.05. The van der Waals surface area contributed by atoms with E-state index in [4.69, 9.17) is 0 Å². The van der Waals surface area contributed by atoms with Crippen LogP contribution in [0.15, 0.2) is 43.1 Å². The molecule has 0 bridgehead atoms. The van der Waals surface area contributed by atoms with Crippen LogP contribution in [0.4, 0.5) is 0 Å². The third-order valence-electron chi connectivity index (χ3n) is 2.18. The van der Waals surface area contributed by atoms with Gasteiger partial charge < -0.3 is 0 Å². The van der Waals surface area contributed by atoms with Crippen molar-refractivity contribution in [2.24, 2.45) is 7.05 Å². The molecule has 0 saturated carbocycles. The van der Waals surface area contributed by atoms with E-state index in [9.17, 15) is 0 Å². The van der Waals surface area contributed by atoms with E-state index in [1.165, 1.54) is 0 Å². The van der Waals surface area contributed by atoms with Crippen LogP contribution in [0.5, 0.6) is 0 Å². The Morgan fingerprint density at radius 2 is 2.36 bits per heavy atom. The van der Waals surface area contributed by atoms with Crippen molar-refractivity contribution in [1.29, 1.82) is 0 Å². The first-order valence-corrected chi connectivity index (χ1v) is 4.75. The first kappa shape index (κ1) is 8.94. The van der Waals surface area contributed by atoms with Gasteiger partial charge in [-0.05, 0) is 12.1 Å². The van der Waals surface area contributed by atoms with Crippen molar-refractivity contribution in [1.82, 2.24) is 9.55 Å². The van der Waals surface area contributed by atoms with Crippen LogP contribution in [-0.2, 0) is 20.0 Å². The third kappa shape index (κ3) is 2.19. The largest absolute Gasteiger partial charge is 0.261 e. The quantitative estimate of drug-likeness (QED) is 0.657. The van der Waals surface area contributed by atoms with Gasteiger partial charge in [0, 0.05) is 18.3 Å². The second-order valence-corrected chi connectivity index (χ2v) is 3.39. The summed E-state index contributed by atoms with van der Waals surface area (Å²) >= 11 is 0. The van der Waals surface area contributed by atoms with E-state index in [1.54, 1.807) is 0 Å². The Morgan fingerprint density at radius 1 is 1.43 bits per heavy atom. The minimum atomic E-state index is 0.982. The Morgan fingerprint density at radius 3 is 3.00 bits per heavy atom. The van der Waals surface area contributed by atoms with Gasteiger partial charge in [0.15, 0.2) is 0 Å². The van der Waals surface area contributed by atoms with Crippen LogP contribution < -0.4 is 4.57 Å². The highest BCUT2D eigenvalue weighted by Gasteiger charge is 2.00. The van der Waals surface area contributed by atoms with E-state index in [0.717, 1.165) is 18.7 Å². The van der Waals surface area contributed by atoms with Crippen molar-refractivity contribution in [2.75, 3.05) is 0 Å². The van der Waals surface area contributed by atoms with Crippen LogP contribution in [0.3, 0.4) is 0 Å². The molecule has 0 aliphatic carbocycles. The molecule has 2 heterocycles. The molecule has 0 aliphatic heterocycles.